The van der Waals surface area contributed by atoms with E-state index in [2.05, 4.69) is 15.9 Å². The highest BCUT2D eigenvalue weighted by Gasteiger charge is 2.21. The predicted molar refractivity (Wildman–Crippen MR) is 61.5 cm³/mol. The van der Waals surface area contributed by atoms with Crippen LogP contribution in [0, 0.1) is 21.4 Å². The molecule has 0 spiro atoms. The number of carbonyl (C=O) groups excluding carboxylic acids is 1. The number of nitrogens with zero attached hydrogens (tertiary/aromatic N) is 2. The van der Waals surface area contributed by atoms with Crippen LogP contribution in [-0.4, -0.2) is 17.5 Å². The fourth-order valence-electron chi connectivity index (χ4n) is 1.17. The summed E-state index contributed by atoms with van der Waals surface area (Å²) in [4.78, 5) is 21.5. The normalized spacial score (nSPS) is 9.47. The van der Waals surface area contributed by atoms with Crippen molar-refractivity contribution in [3.63, 3.8) is 0 Å². The number of carbonyl (C=O) groups is 1. The Hall–Kier alpha value is -1.94. The van der Waals surface area contributed by atoms with E-state index in [9.17, 15) is 14.9 Å². The van der Waals surface area contributed by atoms with Crippen molar-refractivity contribution in [2.24, 2.45) is 0 Å². The molecule has 0 amide bonds. The van der Waals surface area contributed by atoms with Gasteiger partial charge in [0.2, 0.25) is 0 Å². The van der Waals surface area contributed by atoms with Crippen molar-refractivity contribution >= 4 is 27.6 Å². The number of hydrogen-bond donors (Lipinski definition) is 0. The number of hydrogen-bond acceptors (Lipinski definition) is 5. The third kappa shape index (κ3) is 2.79. The second kappa shape index (κ2) is 5.41. The van der Waals surface area contributed by atoms with E-state index in [0.717, 1.165) is 6.07 Å². The molecule has 7 heteroatoms. The SMILES string of the molecule is CCOC(=O)c1cc([N+](=O)[O-])c(C#N)cc1Br. The molecule has 1 rings (SSSR count). The van der Waals surface area contributed by atoms with Gasteiger partial charge in [-0.25, -0.2) is 4.79 Å². The van der Waals surface area contributed by atoms with Crippen LogP contribution >= 0.6 is 15.9 Å². The van der Waals surface area contributed by atoms with E-state index in [4.69, 9.17) is 10.00 Å². The predicted octanol–water partition coefficient (Wildman–Crippen LogP) is 2.41. The minimum absolute atomic E-state index is 0.0255. The minimum atomic E-state index is -0.715. The maximum absolute atomic E-state index is 11.5. The molecule has 0 aromatic heterocycles. The fourth-order valence-corrected chi connectivity index (χ4v) is 1.67. The summed E-state index contributed by atoms with van der Waals surface area (Å²) in [5.41, 5.74) is -0.508. The van der Waals surface area contributed by atoms with Crippen molar-refractivity contribution in [2.45, 2.75) is 6.92 Å². The van der Waals surface area contributed by atoms with Gasteiger partial charge in [0.05, 0.1) is 17.1 Å². The second-order valence-corrected chi connectivity index (χ2v) is 3.79. The minimum Gasteiger partial charge on any atom is -0.462 e. The summed E-state index contributed by atoms with van der Waals surface area (Å²) < 4.78 is 5.03. The molecule has 0 saturated carbocycles. The van der Waals surface area contributed by atoms with Gasteiger partial charge in [0.1, 0.15) is 11.6 Å². The van der Waals surface area contributed by atoms with E-state index >= 15 is 0 Å². The van der Waals surface area contributed by atoms with Gasteiger partial charge in [-0.1, -0.05) is 0 Å². The Morgan fingerprint density at radius 1 is 1.65 bits per heavy atom. The van der Waals surface area contributed by atoms with E-state index in [-0.39, 0.29) is 22.2 Å². The van der Waals surface area contributed by atoms with Gasteiger partial charge in [-0.3, -0.25) is 10.1 Å². The van der Waals surface area contributed by atoms with Crippen LogP contribution in [0.1, 0.15) is 22.8 Å². The van der Waals surface area contributed by atoms with Crippen LogP contribution in [-0.2, 0) is 4.74 Å². The van der Waals surface area contributed by atoms with Gasteiger partial charge in [-0.15, -0.1) is 0 Å². The van der Waals surface area contributed by atoms with Crippen molar-refractivity contribution in [1.82, 2.24) is 0 Å². The number of nitriles is 1. The molecule has 0 aliphatic carbocycles. The highest BCUT2D eigenvalue weighted by molar-refractivity contribution is 9.10. The topological polar surface area (TPSA) is 93.2 Å². The number of rotatable bonds is 3. The Morgan fingerprint density at radius 2 is 2.29 bits per heavy atom. The van der Waals surface area contributed by atoms with E-state index in [1.165, 1.54) is 6.07 Å². The summed E-state index contributed by atoms with van der Waals surface area (Å²) in [5, 5.41) is 19.4. The molecule has 0 heterocycles. The lowest BCUT2D eigenvalue weighted by Gasteiger charge is -2.04. The summed E-state index contributed by atoms with van der Waals surface area (Å²) in [5.74, 6) is -0.674. The molecule has 1 aromatic carbocycles. The summed E-state index contributed by atoms with van der Waals surface area (Å²) in [7, 11) is 0. The number of halogens is 1. The first-order chi connectivity index (χ1) is 8.01. The molecule has 6 nitrogen and oxygen atoms in total. The van der Waals surface area contributed by atoms with Gasteiger partial charge in [0.15, 0.2) is 0 Å². The number of nitro groups is 1. The maximum atomic E-state index is 11.5. The largest absolute Gasteiger partial charge is 0.462 e. The van der Waals surface area contributed by atoms with Crippen molar-refractivity contribution < 1.29 is 14.5 Å². The summed E-state index contributed by atoms with van der Waals surface area (Å²) in [6, 6.07) is 3.95. The molecular weight excluding hydrogens is 292 g/mol. The van der Waals surface area contributed by atoms with Crippen LogP contribution in [0.3, 0.4) is 0 Å². The molecule has 0 N–H and O–H groups in total. The Balaban J connectivity index is 3.35. The van der Waals surface area contributed by atoms with Crippen molar-refractivity contribution in [1.29, 1.82) is 5.26 Å². The zero-order chi connectivity index (χ0) is 13.0. The standard InChI is InChI=1S/C10H7BrN2O4/c1-2-17-10(14)7-4-9(13(15)16)6(5-12)3-8(7)11/h3-4H,2H2,1H3. The molecule has 0 saturated heterocycles. The van der Waals surface area contributed by atoms with Crippen molar-refractivity contribution in [3.8, 4) is 6.07 Å². The van der Waals surface area contributed by atoms with E-state index in [1.54, 1.807) is 13.0 Å². The molecule has 88 valence electrons. The molecule has 17 heavy (non-hydrogen) atoms. The number of ether oxygens (including phenoxy) is 1. The second-order valence-electron chi connectivity index (χ2n) is 2.94. The van der Waals surface area contributed by atoms with Gasteiger partial charge < -0.3 is 4.74 Å². The zero-order valence-corrected chi connectivity index (χ0v) is 10.4. The summed E-state index contributed by atoms with van der Waals surface area (Å²) in [6.45, 7) is 1.79. The van der Waals surface area contributed by atoms with E-state index in [1.807, 2.05) is 0 Å². The Kier molecular flexibility index (Phi) is 4.17. The molecule has 0 aliphatic rings. The Morgan fingerprint density at radius 3 is 2.76 bits per heavy atom. The van der Waals surface area contributed by atoms with Crippen molar-refractivity contribution in [2.75, 3.05) is 6.61 Å². The molecule has 0 aliphatic heterocycles. The molecule has 0 unspecified atom stereocenters. The molecule has 0 radical (unpaired) electrons. The van der Waals surface area contributed by atoms with Gasteiger partial charge in [0, 0.05) is 10.5 Å². The average molecular weight is 299 g/mol. The Bertz CT molecular complexity index is 522. The van der Waals surface area contributed by atoms with Crippen LogP contribution in [0.2, 0.25) is 0 Å². The molecule has 1 aromatic rings. The van der Waals surface area contributed by atoms with E-state index in [0.29, 0.717) is 0 Å². The average Bonchev–Trinajstić information content (AvgIpc) is 2.28. The Labute approximate surface area is 105 Å². The first-order valence-electron chi connectivity index (χ1n) is 4.56. The van der Waals surface area contributed by atoms with Gasteiger partial charge in [-0.2, -0.15) is 5.26 Å². The lowest BCUT2D eigenvalue weighted by atomic mass is 10.1. The lowest BCUT2D eigenvalue weighted by molar-refractivity contribution is -0.385. The van der Waals surface area contributed by atoms with E-state index < -0.39 is 16.6 Å². The quantitative estimate of drug-likeness (QED) is 0.485. The summed E-state index contributed by atoms with van der Waals surface area (Å²) in [6.07, 6.45) is 0. The molecule has 0 atom stereocenters. The van der Waals surface area contributed by atoms with Gasteiger partial charge >= 0.3 is 5.97 Å². The van der Waals surface area contributed by atoms with Gasteiger partial charge in [0.25, 0.3) is 5.69 Å². The monoisotopic (exact) mass is 298 g/mol. The third-order valence-corrected chi connectivity index (χ3v) is 2.55. The highest BCUT2D eigenvalue weighted by atomic mass is 79.9. The zero-order valence-electron chi connectivity index (χ0n) is 8.77. The van der Waals surface area contributed by atoms with Crippen molar-refractivity contribution in [3.05, 3.63) is 37.8 Å². The molecular formula is C10H7BrN2O4. The van der Waals surface area contributed by atoms with Crippen LogP contribution < -0.4 is 0 Å². The van der Waals surface area contributed by atoms with Crippen LogP contribution in [0.25, 0.3) is 0 Å². The highest BCUT2D eigenvalue weighted by Crippen LogP contribution is 2.27. The fraction of sp³-hybridized carbons (Fsp3) is 0.200. The number of nitro benzene ring substituents is 1. The van der Waals surface area contributed by atoms with Crippen LogP contribution in [0.4, 0.5) is 5.69 Å². The maximum Gasteiger partial charge on any atom is 0.339 e. The number of esters is 1. The van der Waals surface area contributed by atoms with Crippen LogP contribution in [0.5, 0.6) is 0 Å². The third-order valence-electron chi connectivity index (χ3n) is 1.90. The van der Waals surface area contributed by atoms with Crippen LogP contribution in [0.15, 0.2) is 16.6 Å². The first-order valence-corrected chi connectivity index (χ1v) is 5.35. The molecule has 0 fully saturated rings. The summed E-state index contributed by atoms with van der Waals surface area (Å²) >= 11 is 3.07. The smallest absolute Gasteiger partial charge is 0.339 e. The first kappa shape index (κ1) is 13.1. The van der Waals surface area contributed by atoms with Gasteiger partial charge in [-0.05, 0) is 28.9 Å². The number of benzene rings is 1. The lowest BCUT2D eigenvalue weighted by Crippen LogP contribution is -2.07. The molecule has 0 bridgehead atoms.